The number of nitrogens with two attached hydrogens (primary N) is 1. The number of carbonyl (C=O) groups is 1. The van der Waals surface area contributed by atoms with Crippen molar-refractivity contribution in [2.75, 3.05) is 39.0 Å². The van der Waals surface area contributed by atoms with Crippen molar-refractivity contribution < 1.29 is 4.79 Å². The maximum Gasteiger partial charge on any atom is 0.267 e. The molecule has 0 atom stereocenters. The lowest BCUT2D eigenvalue weighted by Crippen LogP contribution is -2.52. The van der Waals surface area contributed by atoms with E-state index in [2.05, 4.69) is 22.4 Å². The summed E-state index contributed by atoms with van der Waals surface area (Å²) in [5.74, 6) is -0.158. The Bertz CT molecular complexity index is 401. The second-order valence-corrected chi connectivity index (χ2v) is 4.24. The Morgan fingerprint density at radius 3 is 2.71 bits per heavy atom. The van der Waals surface area contributed by atoms with Crippen LogP contribution in [0.25, 0.3) is 0 Å². The van der Waals surface area contributed by atoms with Crippen LogP contribution >= 0.6 is 0 Å². The van der Waals surface area contributed by atoms with Crippen LogP contribution in [0.15, 0.2) is 18.5 Å². The highest BCUT2D eigenvalue weighted by molar-refractivity contribution is 5.94. The SMILES string of the molecule is CN1CCN(NC(=O)c2cncc(N)c2)CC1. The molecule has 1 amide bonds. The first-order valence-electron chi connectivity index (χ1n) is 5.60. The molecule has 6 heteroatoms. The Morgan fingerprint density at radius 1 is 1.35 bits per heavy atom. The van der Waals surface area contributed by atoms with Gasteiger partial charge in [0, 0.05) is 38.6 Å². The van der Waals surface area contributed by atoms with Gasteiger partial charge in [0.2, 0.25) is 0 Å². The summed E-state index contributed by atoms with van der Waals surface area (Å²) in [5.41, 5.74) is 9.43. The lowest BCUT2D eigenvalue weighted by atomic mass is 10.2. The number of hydrogen-bond donors (Lipinski definition) is 2. The van der Waals surface area contributed by atoms with Crippen molar-refractivity contribution in [1.82, 2.24) is 20.3 Å². The van der Waals surface area contributed by atoms with Crippen molar-refractivity contribution in [3.05, 3.63) is 24.0 Å². The summed E-state index contributed by atoms with van der Waals surface area (Å²) in [7, 11) is 2.07. The van der Waals surface area contributed by atoms with Crippen LogP contribution in [0.2, 0.25) is 0 Å². The molecular formula is C11H17N5O. The Hall–Kier alpha value is -1.66. The maximum atomic E-state index is 11.9. The molecule has 1 fully saturated rings. The van der Waals surface area contributed by atoms with Crippen LogP contribution in [0, 0.1) is 0 Å². The molecule has 2 heterocycles. The van der Waals surface area contributed by atoms with Gasteiger partial charge >= 0.3 is 0 Å². The summed E-state index contributed by atoms with van der Waals surface area (Å²) in [6.07, 6.45) is 3.04. The van der Waals surface area contributed by atoms with E-state index in [9.17, 15) is 4.79 Å². The van der Waals surface area contributed by atoms with E-state index in [1.54, 1.807) is 6.07 Å². The third-order valence-corrected chi connectivity index (χ3v) is 2.78. The summed E-state index contributed by atoms with van der Waals surface area (Å²) in [6, 6.07) is 1.62. The van der Waals surface area contributed by atoms with Gasteiger partial charge in [0.15, 0.2) is 0 Å². The second kappa shape index (κ2) is 5.11. The average Bonchev–Trinajstić information content (AvgIpc) is 2.32. The Labute approximate surface area is 100 Å². The number of pyridine rings is 1. The van der Waals surface area contributed by atoms with E-state index in [1.165, 1.54) is 12.4 Å². The fourth-order valence-corrected chi connectivity index (χ4v) is 1.71. The van der Waals surface area contributed by atoms with Crippen molar-refractivity contribution in [3.8, 4) is 0 Å². The highest BCUT2D eigenvalue weighted by Crippen LogP contribution is 2.04. The molecule has 1 aliphatic rings. The minimum absolute atomic E-state index is 0.158. The van der Waals surface area contributed by atoms with Crippen molar-refractivity contribution in [2.24, 2.45) is 0 Å². The Kier molecular flexibility index (Phi) is 3.55. The number of amides is 1. The molecule has 0 spiro atoms. The molecule has 0 aromatic carbocycles. The standard InChI is InChI=1S/C11H17N5O/c1-15-2-4-16(5-3-15)14-11(17)9-6-10(12)8-13-7-9/h6-8H,2-5,12H2,1H3,(H,14,17). The van der Waals surface area contributed by atoms with Gasteiger partial charge in [-0.15, -0.1) is 0 Å². The number of nitrogen functional groups attached to an aromatic ring is 1. The third kappa shape index (κ3) is 3.15. The topological polar surface area (TPSA) is 74.5 Å². The fourth-order valence-electron chi connectivity index (χ4n) is 1.71. The van der Waals surface area contributed by atoms with E-state index >= 15 is 0 Å². The lowest BCUT2D eigenvalue weighted by molar-refractivity contribution is 0.0662. The average molecular weight is 235 g/mol. The normalized spacial score (nSPS) is 17.9. The molecule has 1 aliphatic heterocycles. The molecule has 0 unspecified atom stereocenters. The zero-order chi connectivity index (χ0) is 12.3. The van der Waals surface area contributed by atoms with Crippen LogP contribution in [0.1, 0.15) is 10.4 Å². The maximum absolute atomic E-state index is 11.9. The fraction of sp³-hybridized carbons (Fsp3) is 0.455. The molecule has 1 saturated heterocycles. The van der Waals surface area contributed by atoms with E-state index in [0.717, 1.165) is 26.2 Å². The summed E-state index contributed by atoms with van der Waals surface area (Å²) in [4.78, 5) is 18.0. The molecule has 92 valence electrons. The predicted molar refractivity (Wildman–Crippen MR) is 65.2 cm³/mol. The zero-order valence-electron chi connectivity index (χ0n) is 9.89. The van der Waals surface area contributed by atoms with E-state index in [-0.39, 0.29) is 5.91 Å². The minimum Gasteiger partial charge on any atom is -0.397 e. The van der Waals surface area contributed by atoms with Crippen LogP contribution in [-0.4, -0.2) is 54.0 Å². The largest absolute Gasteiger partial charge is 0.397 e. The zero-order valence-corrected chi connectivity index (χ0v) is 9.89. The highest BCUT2D eigenvalue weighted by Gasteiger charge is 2.16. The molecule has 1 aromatic heterocycles. The summed E-state index contributed by atoms with van der Waals surface area (Å²) < 4.78 is 0. The minimum atomic E-state index is -0.158. The summed E-state index contributed by atoms with van der Waals surface area (Å²) in [6.45, 7) is 3.57. The number of anilines is 1. The van der Waals surface area contributed by atoms with Gasteiger partial charge < -0.3 is 10.6 Å². The smallest absolute Gasteiger partial charge is 0.267 e. The monoisotopic (exact) mass is 235 g/mol. The number of rotatable bonds is 2. The van der Waals surface area contributed by atoms with Gasteiger partial charge in [0.1, 0.15) is 0 Å². The van der Waals surface area contributed by atoms with Crippen LogP contribution in [0.5, 0.6) is 0 Å². The number of nitrogens with zero attached hydrogens (tertiary/aromatic N) is 3. The molecule has 1 aromatic rings. The molecule has 6 nitrogen and oxygen atoms in total. The highest BCUT2D eigenvalue weighted by atomic mass is 16.2. The van der Waals surface area contributed by atoms with Crippen LogP contribution in [0.4, 0.5) is 5.69 Å². The number of nitrogens with one attached hydrogen (secondary N) is 1. The second-order valence-electron chi connectivity index (χ2n) is 4.24. The van der Waals surface area contributed by atoms with Gasteiger partial charge in [0.25, 0.3) is 5.91 Å². The number of carbonyl (C=O) groups excluding carboxylic acids is 1. The third-order valence-electron chi connectivity index (χ3n) is 2.78. The Morgan fingerprint density at radius 2 is 2.06 bits per heavy atom. The molecule has 0 saturated carbocycles. The van der Waals surface area contributed by atoms with Crippen molar-refractivity contribution >= 4 is 11.6 Å². The number of hydrazine groups is 1. The quantitative estimate of drug-likeness (QED) is 0.726. The number of aromatic nitrogens is 1. The summed E-state index contributed by atoms with van der Waals surface area (Å²) in [5, 5.41) is 1.92. The summed E-state index contributed by atoms with van der Waals surface area (Å²) >= 11 is 0. The van der Waals surface area contributed by atoms with Crippen LogP contribution in [0.3, 0.4) is 0 Å². The Balaban J connectivity index is 1.93. The van der Waals surface area contributed by atoms with Gasteiger partial charge in [0.05, 0.1) is 11.3 Å². The van der Waals surface area contributed by atoms with Crippen LogP contribution < -0.4 is 11.2 Å². The molecule has 0 aliphatic carbocycles. The van der Waals surface area contributed by atoms with E-state index in [0.29, 0.717) is 11.3 Å². The first-order chi connectivity index (χ1) is 8.15. The van der Waals surface area contributed by atoms with E-state index < -0.39 is 0 Å². The van der Waals surface area contributed by atoms with Crippen molar-refractivity contribution in [1.29, 1.82) is 0 Å². The predicted octanol–water partition coefficient (Wildman–Crippen LogP) is -0.444. The van der Waals surface area contributed by atoms with E-state index in [1.807, 2.05) is 5.01 Å². The van der Waals surface area contributed by atoms with E-state index in [4.69, 9.17) is 5.73 Å². The first-order valence-corrected chi connectivity index (χ1v) is 5.60. The molecule has 0 radical (unpaired) electrons. The molecule has 17 heavy (non-hydrogen) atoms. The number of piperazine rings is 1. The van der Waals surface area contributed by atoms with Crippen molar-refractivity contribution in [2.45, 2.75) is 0 Å². The molecular weight excluding hydrogens is 218 g/mol. The first kappa shape index (κ1) is 11.8. The molecule has 2 rings (SSSR count). The van der Waals surface area contributed by atoms with Gasteiger partial charge in [-0.3, -0.25) is 15.2 Å². The lowest BCUT2D eigenvalue weighted by Gasteiger charge is -2.32. The number of likely N-dealkylation sites (N-methyl/N-ethyl adjacent to an activating group) is 1. The van der Waals surface area contributed by atoms with Gasteiger partial charge in [-0.05, 0) is 13.1 Å². The van der Waals surface area contributed by atoms with Gasteiger partial charge in [-0.1, -0.05) is 0 Å². The van der Waals surface area contributed by atoms with Crippen molar-refractivity contribution in [3.63, 3.8) is 0 Å². The van der Waals surface area contributed by atoms with Gasteiger partial charge in [-0.25, -0.2) is 5.01 Å². The van der Waals surface area contributed by atoms with Crippen LogP contribution in [-0.2, 0) is 0 Å². The molecule has 0 bridgehead atoms. The number of hydrogen-bond acceptors (Lipinski definition) is 5. The van der Waals surface area contributed by atoms with Gasteiger partial charge in [-0.2, -0.15) is 0 Å². The molecule has 3 N–H and O–H groups in total.